The lowest BCUT2D eigenvalue weighted by molar-refractivity contribution is -0.160. The van der Waals surface area contributed by atoms with Crippen molar-refractivity contribution in [3.63, 3.8) is 0 Å². The van der Waals surface area contributed by atoms with Crippen molar-refractivity contribution < 1.29 is 33.8 Å². The van der Waals surface area contributed by atoms with Crippen LogP contribution in [-0.4, -0.2) is 94.0 Å². The number of likely N-dealkylation sites (tertiary alicyclic amines) is 1. The molecule has 3 aliphatic rings. The molecule has 2 N–H and O–H groups in total. The molecule has 3 aliphatic heterocycles. The molecule has 7 atom stereocenters. The predicted octanol–water partition coefficient (Wildman–Crippen LogP) is 4.08. The van der Waals surface area contributed by atoms with Crippen molar-refractivity contribution in [3.8, 4) is 0 Å². The van der Waals surface area contributed by atoms with Crippen molar-refractivity contribution in [2.24, 2.45) is 11.8 Å². The number of fused-ring (bicyclic) bond motifs is 1. The maximum Gasteiger partial charge on any atom is 0.313 e. The van der Waals surface area contributed by atoms with E-state index in [0.29, 0.717) is 44.3 Å². The van der Waals surface area contributed by atoms with Gasteiger partial charge in [-0.1, -0.05) is 78.2 Å². The van der Waals surface area contributed by atoms with E-state index in [1.807, 2.05) is 30.3 Å². The maximum atomic E-state index is 14.4. The number of nitrogens with zero attached hydrogens (tertiary/aromatic N) is 2. The monoisotopic (exact) mass is 701 g/mol. The van der Waals surface area contributed by atoms with E-state index in [-0.39, 0.29) is 48.7 Å². The standard InChI is InChI=1S/C35H48BrN3O7/c1-4-7-12-19-38(18-6-3)33(43)31-35-22-25(36)30(46-35)28(29(35)32(42)39(31)20-13-14-21-40)34(44)45-26(24-15-10-9-11-16-24)23-37-27(41)17-8-5-2/h5-6,9-11,15-16,25-26,28-31,40H,2-4,7-8,12-14,17-23H2,1H3,(H,37,41)/t25?,26-,28+,29-,30+,31+,35-/m1/s1. The molecule has 1 aromatic rings. The molecule has 0 radical (unpaired) electrons. The van der Waals surface area contributed by atoms with Crippen LogP contribution in [-0.2, 0) is 28.7 Å². The average molecular weight is 703 g/mol. The summed E-state index contributed by atoms with van der Waals surface area (Å²) < 4.78 is 12.8. The van der Waals surface area contributed by atoms with Gasteiger partial charge in [-0.15, -0.1) is 13.2 Å². The lowest BCUT2D eigenvalue weighted by Gasteiger charge is -2.37. The summed E-state index contributed by atoms with van der Waals surface area (Å²) >= 11 is 3.72. The number of rotatable bonds is 19. The number of unbranched alkanes of at least 4 members (excludes halogenated alkanes) is 3. The fraction of sp³-hybridized carbons (Fsp3) is 0.600. The summed E-state index contributed by atoms with van der Waals surface area (Å²) in [5.74, 6) is -3.15. The fourth-order valence-corrected chi connectivity index (χ4v) is 8.07. The first-order chi connectivity index (χ1) is 22.2. The van der Waals surface area contributed by atoms with E-state index >= 15 is 0 Å². The van der Waals surface area contributed by atoms with Gasteiger partial charge in [0.25, 0.3) is 0 Å². The second-order valence-corrected chi connectivity index (χ2v) is 13.5. The number of aliphatic hydroxyl groups excluding tert-OH is 1. The largest absolute Gasteiger partial charge is 0.455 e. The van der Waals surface area contributed by atoms with Gasteiger partial charge in [0.05, 0.1) is 24.5 Å². The number of carbonyl (C=O) groups is 4. The number of hydrogen-bond acceptors (Lipinski definition) is 7. The lowest BCUT2D eigenvalue weighted by atomic mass is 9.70. The summed E-state index contributed by atoms with van der Waals surface area (Å²) in [5.41, 5.74) is -0.501. The van der Waals surface area contributed by atoms with Crippen LogP contribution in [0.3, 0.4) is 0 Å². The van der Waals surface area contributed by atoms with Crippen LogP contribution in [0, 0.1) is 11.8 Å². The Morgan fingerprint density at radius 1 is 1.20 bits per heavy atom. The minimum Gasteiger partial charge on any atom is -0.455 e. The predicted molar refractivity (Wildman–Crippen MR) is 178 cm³/mol. The van der Waals surface area contributed by atoms with Gasteiger partial charge in [0, 0.05) is 37.5 Å². The molecule has 3 saturated heterocycles. The van der Waals surface area contributed by atoms with Crippen molar-refractivity contribution in [2.45, 2.75) is 87.0 Å². The lowest BCUT2D eigenvalue weighted by Crippen LogP contribution is -2.57. The zero-order valence-electron chi connectivity index (χ0n) is 26.8. The first kappa shape index (κ1) is 35.8. The normalized spacial score (nSPS) is 26.8. The number of aliphatic hydroxyl groups is 1. The number of benzene rings is 1. The molecule has 3 amide bonds. The highest BCUT2D eigenvalue weighted by Gasteiger charge is 2.77. The van der Waals surface area contributed by atoms with Crippen LogP contribution in [0.25, 0.3) is 0 Å². The summed E-state index contributed by atoms with van der Waals surface area (Å²) in [6, 6.07) is 8.25. The first-order valence-electron chi connectivity index (χ1n) is 16.5. The molecule has 2 bridgehead atoms. The van der Waals surface area contributed by atoms with Crippen LogP contribution >= 0.6 is 15.9 Å². The molecule has 1 unspecified atom stereocenters. The molecule has 46 heavy (non-hydrogen) atoms. The van der Waals surface area contributed by atoms with Crippen molar-refractivity contribution >= 4 is 39.6 Å². The second-order valence-electron chi connectivity index (χ2n) is 12.4. The van der Waals surface area contributed by atoms with Gasteiger partial charge in [0.2, 0.25) is 17.7 Å². The number of ether oxygens (including phenoxy) is 2. The number of nitrogens with one attached hydrogen (secondary N) is 1. The first-order valence-corrected chi connectivity index (χ1v) is 17.4. The molecule has 252 valence electrons. The van der Waals surface area contributed by atoms with Gasteiger partial charge in [-0.25, -0.2) is 0 Å². The Bertz CT molecular complexity index is 1250. The van der Waals surface area contributed by atoms with Gasteiger partial charge >= 0.3 is 5.97 Å². The van der Waals surface area contributed by atoms with Crippen LogP contribution in [0.4, 0.5) is 0 Å². The summed E-state index contributed by atoms with van der Waals surface area (Å²) in [4.78, 5) is 58.3. The number of amides is 3. The van der Waals surface area contributed by atoms with Gasteiger partial charge in [-0.2, -0.15) is 0 Å². The highest BCUT2D eigenvalue weighted by Crippen LogP contribution is 2.60. The highest BCUT2D eigenvalue weighted by atomic mass is 79.9. The Morgan fingerprint density at radius 3 is 2.63 bits per heavy atom. The third-order valence-electron chi connectivity index (χ3n) is 9.29. The fourth-order valence-electron chi connectivity index (χ4n) is 7.13. The maximum absolute atomic E-state index is 14.4. The number of hydrogen-bond donors (Lipinski definition) is 2. The summed E-state index contributed by atoms with van der Waals surface area (Å²) in [6.07, 6.45) is 6.85. The van der Waals surface area contributed by atoms with Gasteiger partial charge in [-0.05, 0) is 37.7 Å². The zero-order chi connectivity index (χ0) is 33.3. The number of alkyl halides is 1. The Morgan fingerprint density at radius 2 is 1.96 bits per heavy atom. The Hall–Kier alpha value is -3.02. The highest BCUT2D eigenvalue weighted by molar-refractivity contribution is 9.09. The summed E-state index contributed by atoms with van der Waals surface area (Å²) in [5, 5.41) is 12.3. The van der Waals surface area contributed by atoms with E-state index in [1.165, 1.54) is 0 Å². The quantitative estimate of drug-likeness (QED) is 0.0964. The number of halogens is 1. The molecule has 3 fully saturated rings. The topological polar surface area (TPSA) is 125 Å². The third-order valence-corrected chi connectivity index (χ3v) is 10.1. The Kier molecular flexibility index (Phi) is 13.0. The molecule has 0 aromatic heterocycles. The summed E-state index contributed by atoms with van der Waals surface area (Å²) in [6.45, 7) is 10.8. The van der Waals surface area contributed by atoms with E-state index < -0.39 is 41.7 Å². The molecule has 11 heteroatoms. The number of esters is 1. The van der Waals surface area contributed by atoms with E-state index in [1.54, 1.807) is 22.0 Å². The number of carbonyl (C=O) groups excluding carboxylic acids is 4. The van der Waals surface area contributed by atoms with E-state index in [2.05, 4.69) is 41.3 Å². The van der Waals surface area contributed by atoms with Crippen LogP contribution in [0.2, 0.25) is 0 Å². The van der Waals surface area contributed by atoms with Crippen molar-refractivity contribution in [1.29, 1.82) is 0 Å². The molecule has 0 saturated carbocycles. The molecular weight excluding hydrogens is 654 g/mol. The molecule has 3 heterocycles. The van der Waals surface area contributed by atoms with Crippen LogP contribution < -0.4 is 5.32 Å². The van der Waals surface area contributed by atoms with Crippen molar-refractivity contribution in [1.82, 2.24) is 15.1 Å². The molecular formula is C35H48BrN3O7. The molecule has 10 nitrogen and oxygen atoms in total. The van der Waals surface area contributed by atoms with E-state index in [4.69, 9.17) is 9.47 Å². The second kappa shape index (κ2) is 16.7. The van der Waals surface area contributed by atoms with Crippen molar-refractivity contribution in [3.05, 3.63) is 61.2 Å². The van der Waals surface area contributed by atoms with Crippen LogP contribution in [0.15, 0.2) is 55.6 Å². The Balaban J connectivity index is 1.64. The van der Waals surface area contributed by atoms with E-state index in [0.717, 1.165) is 19.3 Å². The number of allylic oxidation sites excluding steroid dienone is 1. The van der Waals surface area contributed by atoms with Crippen LogP contribution in [0.1, 0.15) is 70.0 Å². The van der Waals surface area contributed by atoms with Gasteiger partial charge in [-0.3, -0.25) is 19.2 Å². The average Bonchev–Trinajstić information content (AvgIpc) is 3.65. The molecule has 4 rings (SSSR count). The zero-order valence-corrected chi connectivity index (χ0v) is 28.4. The van der Waals surface area contributed by atoms with Gasteiger partial charge in [0.15, 0.2) is 0 Å². The van der Waals surface area contributed by atoms with Gasteiger partial charge in [0.1, 0.15) is 17.7 Å². The molecule has 1 spiro atoms. The van der Waals surface area contributed by atoms with E-state index in [9.17, 15) is 24.3 Å². The summed E-state index contributed by atoms with van der Waals surface area (Å²) in [7, 11) is 0. The minimum atomic E-state index is -1.21. The van der Waals surface area contributed by atoms with Crippen LogP contribution in [0.5, 0.6) is 0 Å². The molecule has 0 aliphatic carbocycles. The molecule has 1 aromatic carbocycles. The minimum absolute atomic E-state index is 0.0309. The SMILES string of the molecule is C=CCCC(=O)NC[C@@H](OC(=O)[C@@H]1[C@H]2O[C@@]3(CC2Br)[C@H](C(=O)N(CC=C)CCCCC)N(CCCCO)C(=O)[C@@H]13)c1ccccc1. The van der Waals surface area contributed by atoms with Crippen molar-refractivity contribution in [2.75, 3.05) is 32.8 Å². The Labute approximate surface area is 280 Å². The van der Waals surface area contributed by atoms with Gasteiger partial charge < -0.3 is 29.7 Å². The third kappa shape index (κ3) is 7.58. The smallest absolute Gasteiger partial charge is 0.313 e.